The molecule has 1 aromatic rings. The van der Waals surface area contributed by atoms with E-state index < -0.39 is 5.97 Å². The summed E-state index contributed by atoms with van der Waals surface area (Å²) in [5, 5.41) is 0. The molecule has 0 atom stereocenters. The van der Waals surface area contributed by atoms with Gasteiger partial charge in [-0.1, -0.05) is 0 Å². The van der Waals surface area contributed by atoms with Crippen molar-refractivity contribution in [2.45, 2.75) is 39.5 Å². The largest absolute Gasteiger partial charge is 0.462 e. The Morgan fingerprint density at radius 2 is 2.11 bits per heavy atom. The third kappa shape index (κ3) is 2.42. The molecule has 0 amide bonds. The topological polar surface area (TPSA) is 56.3 Å². The Kier molecular flexibility index (Phi) is 3.75. The van der Waals surface area contributed by atoms with E-state index in [2.05, 4.69) is 4.98 Å². The van der Waals surface area contributed by atoms with Crippen LogP contribution in [0.4, 0.5) is 0 Å². The highest BCUT2D eigenvalue weighted by atomic mass is 16.5. The predicted molar refractivity (Wildman–Crippen MR) is 66.8 cm³/mol. The second-order valence-corrected chi connectivity index (χ2v) is 4.47. The van der Waals surface area contributed by atoms with Gasteiger partial charge in [-0.25, -0.2) is 4.79 Å². The minimum atomic E-state index is -0.401. The number of fused-ring (bicyclic) bond motifs is 1. The van der Waals surface area contributed by atoms with Crippen LogP contribution in [0.2, 0.25) is 0 Å². The van der Waals surface area contributed by atoms with E-state index in [0.29, 0.717) is 29.8 Å². The van der Waals surface area contributed by atoms with Crippen LogP contribution >= 0.6 is 0 Å². The van der Waals surface area contributed by atoms with E-state index in [1.807, 2.05) is 0 Å². The summed E-state index contributed by atoms with van der Waals surface area (Å²) in [6, 6.07) is 1.66. The Morgan fingerprint density at radius 3 is 2.83 bits per heavy atom. The van der Waals surface area contributed by atoms with Crippen LogP contribution < -0.4 is 0 Å². The first kappa shape index (κ1) is 12.7. The van der Waals surface area contributed by atoms with Crippen molar-refractivity contribution in [3.05, 3.63) is 28.6 Å². The fourth-order valence-corrected chi connectivity index (χ4v) is 2.22. The Bertz CT molecular complexity index is 494. The summed E-state index contributed by atoms with van der Waals surface area (Å²) in [5.74, 6) is -0.317. The van der Waals surface area contributed by atoms with E-state index >= 15 is 0 Å². The molecule has 0 aromatic carbocycles. The van der Waals surface area contributed by atoms with Gasteiger partial charge in [0.2, 0.25) is 0 Å². The summed E-state index contributed by atoms with van der Waals surface area (Å²) in [4.78, 5) is 28.1. The van der Waals surface area contributed by atoms with Crippen molar-refractivity contribution in [2.75, 3.05) is 6.61 Å². The van der Waals surface area contributed by atoms with Gasteiger partial charge in [-0.05, 0) is 39.2 Å². The van der Waals surface area contributed by atoms with Gasteiger partial charge in [0.25, 0.3) is 0 Å². The maximum Gasteiger partial charge on any atom is 0.339 e. The lowest BCUT2D eigenvalue weighted by Gasteiger charge is -2.10. The van der Waals surface area contributed by atoms with Gasteiger partial charge in [0.05, 0.1) is 23.6 Å². The molecule has 1 heterocycles. The lowest BCUT2D eigenvalue weighted by molar-refractivity contribution is 0.0525. The van der Waals surface area contributed by atoms with Crippen LogP contribution in [-0.4, -0.2) is 23.3 Å². The molecule has 0 aliphatic heterocycles. The average Bonchev–Trinajstić information content (AvgIpc) is 2.51. The quantitative estimate of drug-likeness (QED) is 0.595. The van der Waals surface area contributed by atoms with Crippen molar-refractivity contribution in [1.82, 2.24) is 4.98 Å². The number of aryl methyl sites for hydroxylation is 2. The minimum absolute atomic E-state index is 0.0838. The van der Waals surface area contributed by atoms with Gasteiger partial charge in [0, 0.05) is 12.0 Å². The van der Waals surface area contributed by atoms with Crippen molar-refractivity contribution < 1.29 is 14.3 Å². The SMILES string of the molecule is CCOC(=O)c1cc2c(nc1C)CCCCC2=O. The van der Waals surface area contributed by atoms with Crippen molar-refractivity contribution in [1.29, 1.82) is 0 Å². The molecule has 1 aliphatic rings. The summed E-state index contributed by atoms with van der Waals surface area (Å²) in [7, 11) is 0. The summed E-state index contributed by atoms with van der Waals surface area (Å²) < 4.78 is 4.98. The molecule has 0 spiro atoms. The number of hydrogen-bond acceptors (Lipinski definition) is 4. The molecule has 0 fully saturated rings. The monoisotopic (exact) mass is 247 g/mol. The number of Topliss-reactive ketones (excluding diaryl/α,β-unsaturated/α-hetero) is 1. The lowest BCUT2D eigenvalue weighted by atomic mass is 10.0. The molecule has 0 saturated heterocycles. The fourth-order valence-electron chi connectivity index (χ4n) is 2.22. The number of esters is 1. The fraction of sp³-hybridized carbons (Fsp3) is 0.500. The molecule has 1 aliphatic carbocycles. The van der Waals surface area contributed by atoms with E-state index in [1.165, 1.54) is 0 Å². The van der Waals surface area contributed by atoms with Gasteiger partial charge >= 0.3 is 5.97 Å². The van der Waals surface area contributed by atoms with Gasteiger partial charge < -0.3 is 4.74 Å². The van der Waals surface area contributed by atoms with E-state index in [9.17, 15) is 9.59 Å². The standard InChI is InChI=1S/C14H17NO3/c1-3-18-14(17)10-8-11-12(15-9(10)2)6-4-5-7-13(11)16/h8H,3-7H2,1-2H3. The number of hydrogen-bond donors (Lipinski definition) is 0. The number of pyridine rings is 1. The van der Waals surface area contributed by atoms with Gasteiger partial charge in [-0.15, -0.1) is 0 Å². The number of ketones is 1. The van der Waals surface area contributed by atoms with Gasteiger partial charge in [0.15, 0.2) is 5.78 Å². The summed E-state index contributed by atoms with van der Waals surface area (Å²) >= 11 is 0. The second-order valence-electron chi connectivity index (χ2n) is 4.47. The molecule has 18 heavy (non-hydrogen) atoms. The first-order valence-electron chi connectivity index (χ1n) is 6.34. The maximum atomic E-state index is 12.0. The average molecular weight is 247 g/mol. The van der Waals surface area contributed by atoms with Crippen LogP contribution in [0.3, 0.4) is 0 Å². The summed E-state index contributed by atoms with van der Waals surface area (Å²) in [6.45, 7) is 3.86. The van der Waals surface area contributed by atoms with Crippen LogP contribution in [0.25, 0.3) is 0 Å². The Labute approximate surface area is 106 Å². The molecule has 96 valence electrons. The molecule has 0 bridgehead atoms. The first-order valence-corrected chi connectivity index (χ1v) is 6.34. The summed E-state index contributed by atoms with van der Waals surface area (Å²) in [6.07, 6.45) is 3.22. The summed E-state index contributed by atoms with van der Waals surface area (Å²) in [5.41, 5.74) is 2.47. The number of carbonyl (C=O) groups is 2. The normalized spacial score (nSPS) is 14.9. The smallest absolute Gasteiger partial charge is 0.339 e. The second kappa shape index (κ2) is 5.29. The number of rotatable bonds is 2. The molecule has 1 aromatic heterocycles. The van der Waals surface area contributed by atoms with Crippen LogP contribution in [-0.2, 0) is 11.2 Å². The van der Waals surface area contributed by atoms with Crippen LogP contribution in [0.5, 0.6) is 0 Å². The number of nitrogens with zero attached hydrogens (tertiary/aromatic N) is 1. The zero-order chi connectivity index (χ0) is 13.1. The number of carbonyl (C=O) groups excluding carboxylic acids is 2. The van der Waals surface area contributed by atoms with Crippen molar-refractivity contribution >= 4 is 11.8 Å². The molecule has 4 nitrogen and oxygen atoms in total. The van der Waals surface area contributed by atoms with Gasteiger partial charge in [-0.3, -0.25) is 9.78 Å². The molecule has 0 N–H and O–H groups in total. The molecule has 2 rings (SSSR count). The van der Waals surface area contributed by atoms with Gasteiger partial charge in [-0.2, -0.15) is 0 Å². The van der Waals surface area contributed by atoms with Gasteiger partial charge in [0.1, 0.15) is 0 Å². The van der Waals surface area contributed by atoms with Crippen molar-refractivity contribution in [3.8, 4) is 0 Å². The first-order chi connectivity index (χ1) is 8.63. The Hall–Kier alpha value is -1.71. The highest BCUT2D eigenvalue weighted by Gasteiger charge is 2.21. The van der Waals surface area contributed by atoms with Crippen molar-refractivity contribution in [2.24, 2.45) is 0 Å². The molecule has 0 radical (unpaired) electrons. The van der Waals surface area contributed by atoms with Crippen LogP contribution in [0.1, 0.15) is 58.3 Å². The highest BCUT2D eigenvalue weighted by Crippen LogP contribution is 2.22. The third-order valence-electron chi connectivity index (χ3n) is 3.16. The van der Waals surface area contributed by atoms with E-state index in [1.54, 1.807) is 19.9 Å². The molecule has 4 heteroatoms. The zero-order valence-electron chi connectivity index (χ0n) is 10.8. The predicted octanol–water partition coefficient (Wildman–Crippen LogP) is 2.48. The van der Waals surface area contributed by atoms with Crippen LogP contribution in [0, 0.1) is 6.92 Å². The zero-order valence-corrected chi connectivity index (χ0v) is 10.8. The molecular weight excluding hydrogens is 230 g/mol. The van der Waals surface area contributed by atoms with E-state index in [-0.39, 0.29) is 5.78 Å². The minimum Gasteiger partial charge on any atom is -0.462 e. The number of ether oxygens (including phenoxy) is 1. The lowest BCUT2D eigenvalue weighted by Crippen LogP contribution is -2.12. The molecular formula is C14H17NO3. The van der Waals surface area contributed by atoms with Crippen molar-refractivity contribution in [3.63, 3.8) is 0 Å². The Balaban J connectivity index is 2.45. The highest BCUT2D eigenvalue weighted by molar-refractivity contribution is 6.00. The molecule has 0 saturated carbocycles. The molecule has 0 unspecified atom stereocenters. The Morgan fingerprint density at radius 1 is 1.39 bits per heavy atom. The van der Waals surface area contributed by atoms with E-state index in [0.717, 1.165) is 25.0 Å². The third-order valence-corrected chi connectivity index (χ3v) is 3.16. The van der Waals surface area contributed by atoms with Crippen LogP contribution in [0.15, 0.2) is 6.07 Å². The maximum absolute atomic E-state index is 12.0. The van der Waals surface area contributed by atoms with E-state index in [4.69, 9.17) is 4.74 Å². The number of aromatic nitrogens is 1.